The zero-order valence-corrected chi connectivity index (χ0v) is 11.8. The molecule has 0 atom stereocenters. The molecular formula is C14H12ClN3O3. The van der Waals surface area contributed by atoms with Crippen molar-refractivity contribution in [1.29, 1.82) is 0 Å². The van der Waals surface area contributed by atoms with E-state index in [1.807, 2.05) is 0 Å². The first-order valence-corrected chi connectivity index (χ1v) is 6.37. The van der Waals surface area contributed by atoms with Gasteiger partial charge in [0.25, 0.3) is 0 Å². The second kappa shape index (κ2) is 6.23. The second-order valence-corrected chi connectivity index (χ2v) is 4.65. The molecule has 0 saturated heterocycles. The summed E-state index contributed by atoms with van der Waals surface area (Å²) in [7, 11) is 0. The van der Waals surface area contributed by atoms with Gasteiger partial charge in [-0.2, -0.15) is 0 Å². The number of rotatable bonds is 4. The summed E-state index contributed by atoms with van der Waals surface area (Å²) in [5, 5.41) is 14.7. The Morgan fingerprint density at radius 2 is 1.95 bits per heavy atom. The molecule has 3 N–H and O–H groups in total. The van der Waals surface area contributed by atoms with E-state index in [-0.39, 0.29) is 16.5 Å². The molecular weight excluding hydrogens is 294 g/mol. The third-order valence-corrected chi connectivity index (χ3v) is 2.82. The molecule has 0 spiro atoms. The van der Waals surface area contributed by atoms with Crippen LogP contribution in [0.3, 0.4) is 0 Å². The van der Waals surface area contributed by atoms with Gasteiger partial charge in [0, 0.05) is 24.5 Å². The van der Waals surface area contributed by atoms with E-state index < -0.39 is 5.97 Å². The molecule has 0 aliphatic rings. The Kier molecular flexibility index (Phi) is 4.39. The molecule has 6 nitrogen and oxygen atoms in total. The molecule has 0 aliphatic carbocycles. The number of carboxylic acids is 1. The largest absolute Gasteiger partial charge is 0.478 e. The summed E-state index contributed by atoms with van der Waals surface area (Å²) < 4.78 is 0. The van der Waals surface area contributed by atoms with Gasteiger partial charge in [-0.3, -0.25) is 4.79 Å². The lowest BCUT2D eigenvalue weighted by Crippen LogP contribution is -2.06. The summed E-state index contributed by atoms with van der Waals surface area (Å²) in [6.45, 7) is 1.42. The number of pyridine rings is 1. The van der Waals surface area contributed by atoms with Crippen LogP contribution >= 0.6 is 11.6 Å². The number of hydrogen-bond donors (Lipinski definition) is 3. The van der Waals surface area contributed by atoms with Gasteiger partial charge >= 0.3 is 5.97 Å². The third-order valence-electron chi connectivity index (χ3n) is 2.53. The molecule has 1 aromatic heterocycles. The zero-order valence-electron chi connectivity index (χ0n) is 11.1. The molecule has 1 heterocycles. The summed E-state index contributed by atoms with van der Waals surface area (Å²) in [5.41, 5.74) is 1.31. The van der Waals surface area contributed by atoms with Crippen molar-refractivity contribution in [3.8, 4) is 0 Å². The van der Waals surface area contributed by atoms with Crippen LogP contribution in [0.25, 0.3) is 0 Å². The first kappa shape index (κ1) is 14.8. The quantitative estimate of drug-likeness (QED) is 0.807. The summed E-state index contributed by atoms with van der Waals surface area (Å²) in [4.78, 5) is 25.8. The smallest absolute Gasteiger partial charge is 0.337 e. The number of carbonyl (C=O) groups is 2. The Morgan fingerprint density at radius 3 is 2.57 bits per heavy atom. The molecule has 21 heavy (non-hydrogen) atoms. The van der Waals surface area contributed by atoms with E-state index in [4.69, 9.17) is 16.7 Å². The van der Waals surface area contributed by atoms with Gasteiger partial charge in [0.05, 0.1) is 10.6 Å². The maximum atomic E-state index is 11.0. The summed E-state index contributed by atoms with van der Waals surface area (Å²) in [5.74, 6) is -0.931. The average molecular weight is 306 g/mol. The van der Waals surface area contributed by atoms with E-state index in [1.165, 1.54) is 19.2 Å². The van der Waals surface area contributed by atoms with Gasteiger partial charge < -0.3 is 15.7 Å². The van der Waals surface area contributed by atoms with E-state index in [2.05, 4.69) is 15.6 Å². The molecule has 7 heteroatoms. The minimum atomic E-state index is -1.09. The van der Waals surface area contributed by atoms with Crippen molar-refractivity contribution in [2.45, 2.75) is 6.92 Å². The van der Waals surface area contributed by atoms with Crippen LogP contribution < -0.4 is 10.6 Å². The maximum Gasteiger partial charge on any atom is 0.337 e. The molecule has 0 saturated carbocycles. The highest BCUT2D eigenvalue weighted by Crippen LogP contribution is 2.25. The van der Waals surface area contributed by atoms with E-state index >= 15 is 0 Å². The second-order valence-electron chi connectivity index (χ2n) is 4.25. The summed E-state index contributed by atoms with van der Waals surface area (Å²) in [6.07, 6.45) is 1.22. The third kappa shape index (κ3) is 3.93. The molecule has 0 fully saturated rings. The van der Waals surface area contributed by atoms with Gasteiger partial charge in [-0.1, -0.05) is 17.7 Å². The Bertz CT molecular complexity index is 704. The van der Waals surface area contributed by atoms with Crippen LogP contribution in [0.1, 0.15) is 17.3 Å². The number of halogens is 1. The minimum absolute atomic E-state index is 0.0116. The predicted molar refractivity (Wildman–Crippen MR) is 80.2 cm³/mol. The lowest BCUT2D eigenvalue weighted by atomic mass is 10.2. The topological polar surface area (TPSA) is 91.3 Å². The number of carbonyl (C=O) groups excluding carboxylic acids is 1. The number of amides is 1. The van der Waals surface area contributed by atoms with E-state index in [0.717, 1.165) is 0 Å². The molecule has 0 unspecified atom stereocenters. The fraction of sp³-hybridized carbons (Fsp3) is 0.0714. The zero-order chi connectivity index (χ0) is 15.4. The Labute approximate surface area is 125 Å². The summed E-state index contributed by atoms with van der Waals surface area (Å²) in [6, 6.07) is 8.30. The molecule has 2 aromatic rings. The minimum Gasteiger partial charge on any atom is -0.478 e. The van der Waals surface area contributed by atoms with Crippen molar-refractivity contribution in [2.24, 2.45) is 0 Å². The number of aromatic nitrogens is 1. The molecule has 108 valence electrons. The van der Waals surface area contributed by atoms with E-state index in [0.29, 0.717) is 17.2 Å². The van der Waals surface area contributed by atoms with Crippen molar-refractivity contribution in [1.82, 2.24) is 4.98 Å². The van der Waals surface area contributed by atoms with Crippen LogP contribution in [-0.4, -0.2) is 22.0 Å². The number of aromatic carboxylic acids is 1. The monoisotopic (exact) mass is 305 g/mol. The molecule has 1 amide bonds. The fourth-order valence-corrected chi connectivity index (χ4v) is 1.88. The van der Waals surface area contributed by atoms with Gasteiger partial charge in [-0.05, 0) is 24.3 Å². The van der Waals surface area contributed by atoms with Crippen LogP contribution in [0.15, 0.2) is 36.5 Å². The lowest BCUT2D eigenvalue weighted by molar-refractivity contribution is -0.114. The Balaban J connectivity index is 2.22. The standard InChI is InChI=1S/C14H12ClN3O3/c1-8(19)17-10-3-2-4-11(6-10)18-13-12(15)5-9(7-16-13)14(20)21/h2-7H,1H3,(H,16,18)(H,17,19)(H,20,21). The van der Waals surface area contributed by atoms with Gasteiger partial charge in [-0.25, -0.2) is 9.78 Å². The highest BCUT2D eigenvalue weighted by molar-refractivity contribution is 6.33. The molecule has 1 aromatic carbocycles. The van der Waals surface area contributed by atoms with Crippen molar-refractivity contribution < 1.29 is 14.7 Å². The van der Waals surface area contributed by atoms with Crippen LogP contribution in [0.4, 0.5) is 17.2 Å². The van der Waals surface area contributed by atoms with Crippen molar-refractivity contribution in [3.05, 3.63) is 47.1 Å². The highest BCUT2D eigenvalue weighted by Gasteiger charge is 2.09. The predicted octanol–water partition coefficient (Wildman–Crippen LogP) is 3.14. The van der Waals surface area contributed by atoms with E-state index in [9.17, 15) is 9.59 Å². The normalized spacial score (nSPS) is 10.0. The van der Waals surface area contributed by atoms with Gasteiger partial charge in [0.2, 0.25) is 5.91 Å². The Hall–Kier alpha value is -2.60. The highest BCUT2D eigenvalue weighted by atomic mass is 35.5. The summed E-state index contributed by atoms with van der Waals surface area (Å²) >= 11 is 5.99. The fourth-order valence-electron chi connectivity index (χ4n) is 1.66. The molecule has 0 radical (unpaired) electrons. The number of benzene rings is 1. The molecule has 0 bridgehead atoms. The number of nitrogens with one attached hydrogen (secondary N) is 2. The number of nitrogens with zero attached hydrogens (tertiary/aromatic N) is 1. The SMILES string of the molecule is CC(=O)Nc1cccc(Nc2ncc(C(=O)O)cc2Cl)c1. The van der Waals surface area contributed by atoms with E-state index in [1.54, 1.807) is 24.3 Å². The number of anilines is 3. The molecule has 2 rings (SSSR count). The molecule has 0 aliphatic heterocycles. The van der Waals surface area contributed by atoms with Crippen molar-refractivity contribution >= 4 is 40.7 Å². The Morgan fingerprint density at radius 1 is 1.24 bits per heavy atom. The van der Waals surface area contributed by atoms with Gasteiger partial charge in [0.1, 0.15) is 5.82 Å². The average Bonchev–Trinajstić information content (AvgIpc) is 2.40. The van der Waals surface area contributed by atoms with Crippen molar-refractivity contribution in [2.75, 3.05) is 10.6 Å². The van der Waals surface area contributed by atoms with Crippen LogP contribution in [0.2, 0.25) is 5.02 Å². The van der Waals surface area contributed by atoms with Crippen LogP contribution in [0.5, 0.6) is 0 Å². The number of carboxylic acid groups (broad SMARTS) is 1. The van der Waals surface area contributed by atoms with Gasteiger partial charge in [0.15, 0.2) is 0 Å². The first-order chi connectivity index (χ1) is 9.95. The maximum absolute atomic E-state index is 11.0. The van der Waals surface area contributed by atoms with Crippen molar-refractivity contribution in [3.63, 3.8) is 0 Å². The number of hydrogen-bond acceptors (Lipinski definition) is 4. The first-order valence-electron chi connectivity index (χ1n) is 5.99. The lowest BCUT2D eigenvalue weighted by Gasteiger charge is -2.09. The van der Waals surface area contributed by atoms with Gasteiger partial charge in [-0.15, -0.1) is 0 Å². The van der Waals surface area contributed by atoms with Crippen LogP contribution in [-0.2, 0) is 4.79 Å². The van der Waals surface area contributed by atoms with Crippen LogP contribution in [0, 0.1) is 0 Å².